The van der Waals surface area contributed by atoms with Gasteiger partial charge < -0.3 is 19.9 Å². The Balaban J connectivity index is 2.44. The molecule has 1 rings (SSSR count). The molecule has 0 aliphatic heterocycles. The summed E-state index contributed by atoms with van der Waals surface area (Å²) >= 11 is 0. The number of aliphatic hydroxyl groups excluding tert-OH is 1. The van der Waals surface area contributed by atoms with Gasteiger partial charge >= 0.3 is 6.09 Å². The van der Waals surface area contributed by atoms with E-state index in [1.165, 1.54) is 0 Å². The minimum absolute atomic E-state index is 0.0289. The second-order valence-electron chi connectivity index (χ2n) is 4.65. The monoisotopic (exact) mass is 267 g/mol. The van der Waals surface area contributed by atoms with Crippen LogP contribution in [0.1, 0.15) is 18.9 Å². The van der Waals surface area contributed by atoms with Crippen molar-refractivity contribution in [3.8, 4) is 0 Å². The Bertz CT molecular complexity index is 374. The smallest absolute Gasteiger partial charge is 0.407 e. The Morgan fingerprint density at radius 2 is 2.05 bits per heavy atom. The number of alkyl carbamates (subject to hydrolysis) is 1. The molecule has 2 N–H and O–H groups in total. The van der Waals surface area contributed by atoms with E-state index in [4.69, 9.17) is 14.6 Å². The second kappa shape index (κ2) is 7.76. The van der Waals surface area contributed by atoms with Gasteiger partial charge in [-0.05, 0) is 18.9 Å². The van der Waals surface area contributed by atoms with E-state index >= 15 is 0 Å². The van der Waals surface area contributed by atoms with Gasteiger partial charge in [-0.25, -0.2) is 4.79 Å². The number of carbonyl (C=O) groups excluding carboxylic acids is 1. The van der Waals surface area contributed by atoms with Crippen molar-refractivity contribution >= 4 is 6.09 Å². The molecule has 19 heavy (non-hydrogen) atoms. The molecule has 0 fully saturated rings. The Morgan fingerprint density at radius 1 is 1.37 bits per heavy atom. The fraction of sp³-hybridized carbons (Fsp3) is 0.500. The molecule has 1 atom stereocenters. The van der Waals surface area contributed by atoms with Crippen LogP contribution in [0.3, 0.4) is 0 Å². The normalized spacial score (nSPS) is 13.6. The quantitative estimate of drug-likeness (QED) is 0.789. The van der Waals surface area contributed by atoms with E-state index in [9.17, 15) is 4.79 Å². The average Bonchev–Trinajstić information content (AvgIpc) is 2.38. The third-order valence-electron chi connectivity index (χ3n) is 2.74. The summed E-state index contributed by atoms with van der Waals surface area (Å²) in [5.41, 5.74) is 0.297. The molecule has 106 valence electrons. The van der Waals surface area contributed by atoms with Gasteiger partial charge in [0.05, 0.1) is 12.1 Å². The van der Waals surface area contributed by atoms with E-state index in [-0.39, 0.29) is 13.2 Å². The lowest BCUT2D eigenvalue weighted by atomic mass is 10.00. The van der Waals surface area contributed by atoms with E-state index in [1.807, 2.05) is 30.3 Å². The van der Waals surface area contributed by atoms with Crippen molar-refractivity contribution in [1.29, 1.82) is 0 Å². The maximum absolute atomic E-state index is 11.7. The van der Waals surface area contributed by atoms with Crippen molar-refractivity contribution in [3.05, 3.63) is 35.9 Å². The van der Waals surface area contributed by atoms with E-state index in [1.54, 1.807) is 14.0 Å². The second-order valence-corrected chi connectivity index (χ2v) is 4.65. The molecular weight excluding hydrogens is 246 g/mol. The summed E-state index contributed by atoms with van der Waals surface area (Å²) in [4.78, 5) is 11.7. The molecule has 0 aromatic heterocycles. The van der Waals surface area contributed by atoms with Gasteiger partial charge in [-0.3, -0.25) is 0 Å². The number of ether oxygens (including phenoxy) is 2. The highest BCUT2D eigenvalue weighted by molar-refractivity contribution is 5.68. The van der Waals surface area contributed by atoms with E-state index in [0.29, 0.717) is 13.0 Å². The van der Waals surface area contributed by atoms with Crippen LogP contribution in [0, 0.1) is 0 Å². The van der Waals surface area contributed by atoms with E-state index in [0.717, 1.165) is 5.56 Å². The molecule has 0 saturated carbocycles. The first-order chi connectivity index (χ1) is 9.09. The van der Waals surface area contributed by atoms with Crippen LogP contribution in [0.2, 0.25) is 0 Å². The van der Waals surface area contributed by atoms with Gasteiger partial charge in [-0.2, -0.15) is 0 Å². The van der Waals surface area contributed by atoms with Crippen molar-refractivity contribution in [2.24, 2.45) is 0 Å². The highest BCUT2D eigenvalue weighted by atomic mass is 16.5. The molecule has 0 aliphatic rings. The van der Waals surface area contributed by atoms with Crippen LogP contribution in [-0.2, 0) is 16.1 Å². The zero-order valence-corrected chi connectivity index (χ0v) is 11.4. The van der Waals surface area contributed by atoms with E-state index < -0.39 is 11.6 Å². The minimum Gasteiger partial charge on any atom is -0.445 e. The van der Waals surface area contributed by atoms with Crippen LogP contribution < -0.4 is 5.32 Å². The first kappa shape index (κ1) is 15.5. The van der Waals surface area contributed by atoms with Crippen molar-refractivity contribution in [2.45, 2.75) is 25.5 Å². The lowest BCUT2D eigenvalue weighted by Crippen LogP contribution is -2.50. The SMILES string of the molecule is COCC(C)(CCO)NC(=O)OCc1ccccc1. The van der Waals surface area contributed by atoms with Crippen LogP contribution >= 0.6 is 0 Å². The van der Waals surface area contributed by atoms with Gasteiger partial charge in [0.2, 0.25) is 0 Å². The summed E-state index contributed by atoms with van der Waals surface area (Å²) in [5, 5.41) is 11.7. The van der Waals surface area contributed by atoms with Crippen molar-refractivity contribution in [1.82, 2.24) is 5.32 Å². The van der Waals surface area contributed by atoms with Gasteiger partial charge in [0.15, 0.2) is 0 Å². The fourth-order valence-corrected chi connectivity index (χ4v) is 1.74. The fourth-order valence-electron chi connectivity index (χ4n) is 1.74. The molecule has 0 bridgehead atoms. The largest absolute Gasteiger partial charge is 0.445 e. The molecule has 5 heteroatoms. The number of amides is 1. The molecular formula is C14H21NO4. The standard InChI is InChI=1S/C14H21NO4/c1-14(8-9-16,11-18-2)15-13(17)19-10-12-6-4-3-5-7-12/h3-7,16H,8-11H2,1-2H3,(H,15,17). The third kappa shape index (κ3) is 5.72. The summed E-state index contributed by atoms with van der Waals surface area (Å²) in [6.07, 6.45) is -0.113. The molecule has 0 heterocycles. The number of hydrogen-bond donors (Lipinski definition) is 2. The van der Waals surface area contributed by atoms with Crippen molar-refractivity contribution in [2.75, 3.05) is 20.3 Å². The highest BCUT2D eigenvalue weighted by Gasteiger charge is 2.26. The van der Waals surface area contributed by atoms with Gasteiger partial charge in [0.25, 0.3) is 0 Å². The van der Waals surface area contributed by atoms with Crippen LogP contribution in [0.15, 0.2) is 30.3 Å². The lowest BCUT2D eigenvalue weighted by molar-refractivity contribution is 0.0805. The Morgan fingerprint density at radius 3 is 2.63 bits per heavy atom. The van der Waals surface area contributed by atoms with Crippen molar-refractivity contribution < 1.29 is 19.4 Å². The molecule has 1 aromatic carbocycles. The topological polar surface area (TPSA) is 67.8 Å². The maximum atomic E-state index is 11.7. The number of benzene rings is 1. The van der Waals surface area contributed by atoms with Crippen molar-refractivity contribution in [3.63, 3.8) is 0 Å². The summed E-state index contributed by atoms with van der Waals surface area (Å²) in [6.45, 7) is 2.30. The zero-order chi connectivity index (χ0) is 14.1. The molecule has 0 radical (unpaired) electrons. The zero-order valence-electron chi connectivity index (χ0n) is 11.4. The van der Waals surface area contributed by atoms with Gasteiger partial charge in [-0.1, -0.05) is 30.3 Å². The van der Waals surface area contributed by atoms with Crippen LogP contribution in [0.4, 0.5) is 4.79 Å². The molecule has 0 saturated heterocycles. The molecule has 1 amide bonds. The predicted molar refractivity (Wildman–Crippen MR) is 71.7 cm³/mol. The predicted octanol–water partition coefficient (Wildman–Crippen LogP) is 1.70. The van der Waals surface area contributed by atoms with E-state index in [2.05, 4.69) is 5.32 Å². The van der Waals surface area contributed by atoms with Crippen LogP contribution in [0.5, 0.6) is 0 Å². The highest BCUT2D eigenvalue weighted by Crippen LogP contribution is 2.10. The molecule has 1 aromatic rings. The molecule has 0 aliphatic carbocycles. The third-order valence-corrected chi connectivity index (χ3v) is 2.74. The summed E-state index contributed by atoms with van der Waals surface area (Å²) in [6, 6.07) is 9.44. The van der Waals surface area contributed by atoms with Gasteiger partial charge in [0.1, 0.15) is 6.61 Å². The summed E-state index contributed by atoms with van der Waals surface area (Å²) < 4.78 is 10.2. The van der Waals surface area contributed by atoms with Crippen LogP contribution in [-0.4, -0.2) is 37.1 Å². The van der Waals surface area contributed by atoms with Gasteiger partial charge in [0, 0.05) is 13.7 Å². The Kier molecular flexibility index (Phi) is 6.32. The minimum atomic E-state index is -0.628. The summed E-state index contributed by atoms with van der Waals surface area (Å²) in [5.74, 6) is 0. The first-order valence-corrected chi connectivity index (χ1v) is 6.18. The number of methoxy groups -OCH3 is 1. The number of rotatable bonds is 7. The molecule has 1 unspecified atom stereocenters. The number of hydrogen-bond acceptors (Lipinski definition) is 4. The Labute approximate surface area is 113 Å². The number of aliphatic hydroxyl groups is 1. The Hall–Kier alpha value is -1.59. The number of nitrogens with one attached hydrogen (secondary N) is 1. The lowest BCUT2D eigenvalue weighted by Gasteiger charge is -2.28. The van der Waals surface area contributed by atoms with Gasteiger partial charge in [-0.15, -0.1) is 0 Å². The summed E-state index contributed by atoms with van der Waals surface area (Å²) in [7, 11) is 1.55. The number of carbonyl (C=O) groups is 1. The molecule has 0 spiro atoms. The van der Waals surface area contributed by atoms with Crippen LogP contribution in [0.25, 0.3) is 0 Å². The first-order valence-electron chi connectivity index (χ1n) is 6.18. The molecule has 5 nitrogen and oxygen atoms in total. The maximum Gasteiger partial charge on any atom is 0.407 e. The average molecular weight is 267 g/mol.